The number of hydrogen-bond acceptors (Lipinski definition) is 4. The van der Waals surface area contributed by atoms with E-state index in [-0.39, 0.29) is 16.7 Å². The predicted octanol–water partition coefficient (Wildman–Crippen LogP) is 2.72. The van der Waals surface area contributed by atoms with E-state index in [0.717, 1.165) is 13.1 Å². The van der Waals surface area contributed by atoms with E-state index < -0.39 is 23.2 Å². The van der Waals surface area contributed by atoms with Crippen LogP contribution in [0.3, 0.4) is 0 Å². The minimum atomic E-state index is -4.78. The van der Waals surface area contributed by atoms with E-state index in [1.165, 1.54) is 12.1 Å². The third-order valence-corrected chi connectivity index (χ3v) is 2.76. The Labute approximate surface area is 116 Å². The minimum Gasteiger partial charge on any atom is -0.384 e. The Bertz CT molecular complexity index is 681. The van der Waals surface area contributed by atoms with Gasteiger partial charge in [0, 0.05) is 0 Å². The largest absolute Gasteiger partial charge is 0.434 e. The first kappa shape index (κ1) is 14.3. The maximum atomic E-state index is 13.1. The lowest BCUT2D eigenvalue weighted by Gasteiger charge is -2.12. The molecule has 0 saturated heterocycles. The Kier molecular flexibility index (Phi) is 3.43. The van der Waals surface area contributed by atoms with Crippen LogP contribution in [0.5, 0.6) is 0 Å². The number of anilines is 1. The highest BCUT2D eigenvalue weighted by molar-refractivity contribution is 6.32. The highest BCUT2D eigenvalue weighted by atomic mass is 35.5. The van der Waals surface area contributed by atoms with Crippen LogP contribution in [-0.4, -0.2) is 20.5 Å². The Morgan fingerprint density at radius 3 is 2.60 bits per heavy atom. The maximum absolute atomic E-state index is 13.1. The molecule has 0 bridgehead atoms. The molecule has 0 aliphatic rings. The number of halogens is 4. The van der Waals surface area contributed by atoms with Gasteiger partial charge in [-0.1, -0.05) is 11.6 Å². The van der Waals surface area contributed by atoms with Crippen LogP contribution >= 0.6 is 11.6 Å². The molecule has 2 heterocycles. The summed E-state index contributed by atoms with van der Waals surface area (Å²) in [6.07, 6.45) is -3.96. The number of hydrogen-bond donors (Lipinski definition) is 1. The van der Waals surface area contributed by atoms with Crippen molar-refractivity contribution in [2.45, 2.75) is 13.1 Å². The number of nitrogens with zero attached hydrogens (tertiary/aromatic N) is 3. The van der Waals surface area contributed by atoms with Crippen molar-refractivity contribution in [1.82, 2.24) is 14.8 Å². The van der Waals surface area contributed by atoms with Crippen molar-refractivity contribution < 1.29 is 18.0 Å². The van der Waals surface area contributed by atoms with Crippen LogP contribution in [0, 0.1) is 0 Å². The summed E-state index contributed by atoms with van der Waals surface area (Å²) in [4.78, 5) is 15.0. The second kappa shape index (κ2) is 4.78. The molecule has 9 heteroatoms. The number of rotatable bonds is 2. The van der Waals surface area contributed by atoms with Crippen LogP contribution in [0.25, 0.3) is 5.82 Å². The smallest absolute Gasteiger partial charge is 0.384 e. The van der Waals surface area contributed by atoms with E-state index in [4.69, 9.17) is 17.3 Å². The fourth-order valence-electron chi connectivity index (χ4n) is 1.63. The lowest BCUT2D eigenvalue weighted by atomic mass is 10.2. The molecule has 0 unspecified atom stereocenters. The average molecular weight is 305 g/mol. The molecular formula is C11H8ClF3N4O. The van der Waals surface area contributed by atoms with Crippen molar-refractivity contribution in [3.05, 3.63) is 34.6 Å². The van der Waals surface area contributed by atoms with Crippen molar-refractivity contribution >= 4 is 23.2 Å². The second-order valence-corrected chi connectivity index (χ2v) is 4.32. The molecule has 2 rings (SSSR count). The summed E-state index contributed by atoms with van der Waals surface area (Å²) in [5, 5.41) is 3.48. The quantitative estimate of drug-likeness (QED) is 0.866. The molecule has 0 radical (unpaired) electrons. The van der Waals surface area contributed by atoms with Crippen LogP contribution in [0.2, 0.25) is 5.02 Å². The second-order valence-electron chi connectivity index (χ2n) is 3.91. The molecule has 2 aromatic heterocycles. The van der Waals surface area contributed by atoms with Gasteiger partial charge in [-0.05, 0) is 19.1 Å². The topological polar surface area (TPSA) is 73.8 Å². The maximum Gasteiger partial charge on any atom is 0.434 e. The molecule has 0 spiro atoms. The fraction of sp³-hybridized carbons (Fsp3) is 0.182. The van der Waals surface area contributed by atoms with Gasteiger partial charge >= 0.3 is 6.18 Å². The van der Waals surface area contributed by atoms with Crippen molar-refractivity contribution in [3.63, 3.8) is 0 Å². The number of nitrogen functional groups attached to an aromatic ring is 1. The summed E-state index contributed by atoms with van der Waals surface area (Å²) < 4.78 is 39.8. The van der Waals surface area contributed by atoms with Crippen LogP contribution in [0.15, 0.2) is 18.3 Å². The molecule has 0 aromatic carbocycles. The molecule has 0 saturated carbocycles. The van der Waals surface area contributed by atoms with Gasteiger partial charge in [0.1, 0.15) is 5.82 Å². The van der Waals surface area contributed by atoms with E-state index in [0.29, 0.717) is 4.68 Å². The third kappa shape index (κ3) is 2.46. The molecule has 0 fully saturated rings. The van der Waals surface area contributed by atoms with E-state index in [2.05, 4.69) is 10.1 Å². The highest BCUT2D eigenvalue weighted by Crippen LogP contribution is 2.34. The van der Waals surface area contributed by atoms with Crippen molar-refractivity contribution in [2.24, 2.45) is 0 Å². The molecule has 0 atom stereocenters. The summed E-state index contributed by atoms with van der Waals surface area (Å²) in [5.74, 6) is -1.06. The molecule has 0 aliphatic carbocycles. The van der Waals surface area contributed by atoms with Crippen molar-refractivity contribution in [3.8, 4) is 5.82 Å². The zero-order chi connectivity index (χ0) is 15.1. The lowest BCUT2D eigenvalue weighted by molar-refractivity contribution is -0.143. The molecular weight excluding hydrogens is 297 g/mol. The molecule has 2 aromatic rings. The van der Waals surface area contributed by atoms with Crippen LogP contribution < -0.4 is 5.73 Å². The lowest BCUT2D eigenvalue weighted by Crippen LogP contribution is -2.18. The van der Waals surface area contributed by atoms with Gasteiger partial charge in [0.05, 0.1) is 16.8 Å². The van der Waals surface area contributed by atoms with Crippen molar-refractivity contribution in [2.75, 3.05) is 5.73 Å². The Morgan fingerprint density at radius 1 is 1.40 bits per heavy atom. The van der Waals surface area contributed by atoms with Crippen LogP contribution in [-0.2, 0) is 6.18 Å². The number of Topliss-reactive ketones (excluding diaryl/α,β-unsaturated/α-hetero) is 1. The van der Waals surface area contributed by atoms with E-state index in [1.54, 1.807) is 0 Å². The predicted molar refractivity (Wildman–Crippen MR) is 65.8 cm³/mol. The first-order valence-electron chi connectivity index (χ1n) is 5.30. The molecule has 20 heavy (non-hydrogen) atoms. The van der Waals surface area contributed by atoms with Crippen LogP contribution in [0.1, 0.15) is 23.0 Å². The van der Waals surface area contributed by atoms with E-state index in [9.17, 15) is 18.0 Å². The SMILES string of the molecule is CC(=O)c1cnn(-c2nc(N)ccc2Cl)c1C(F)(F)F. The number of ketones is 1. The molecule has 2 N–H and O–H groups in total. The Morgan fingerprint density at radius 2 is 2.05 bits per heavy atom. The molecule has 0 aliphatic heterocycles. The van der Waals surface area contributed by atoms with Gasteiger partial charge in [-0.2, -0.15) is 18.3 Å². The highest BCUT2D eigenvalue weighted by Gasteiger charge is 2.40. The van der Waals surface area contributed by atoms with E-state index in [1.807, 2.05) is 0 Å². The van der Waals surface area contributed by atoms with E-state index >= 15 is 0 Å². The zero-order valence-electron chi connectivity index (χ0n) is 10.1. The number of aromatic nitrogens is 3. The molecule has 106 valence electrons. The summed E-state index contributed by atoms with van der Waals surface area (Å²) in [5.41, 5.74) is 3.64. The summed E-state index contributed by atoms with van der Waals surface area (Å²) in [6, 6.07) is 2.64. The normalized spacial score (nSPS) is 11.7. The van der Waals surface area contributed by atoms with Gasteiger partial charge in [0.2, 0.25) is 0 Å². The van der Waals surface area contributed by atoms with Gasteiger partial charge < -0.3 is 5.73 Å². The van der Waals surface area contributed by atoms with Gasteiger partial charge in [0.25, 0.3) is 0 Å². The Balaban J connectivity index is 2.75. The standard InChI is InChI=1S/C11H8ClF3N4O/c1-5(20)6-4-17-19(9(6)11(13,14)15)10-7(12)2-3-8(16)18-10/h2-4H,1H3,(H2,16,18). The summed E-state index contributed by atoms with van der Waals surface area (Å²) in [7, 11) is 0. The molecule has 0 amide bonds. The number of alkyl halides is 3. The summed E-state index contributed by atoms with van der Waals surface area (Å²) >= 11 is 5.81. The molecule has 5 nitrogen and oxygen atoms in total. The first-order valence-corrected chi connectivity index (χ1v) is 5.68. The number of nitrogens with two attached hydrogens (primary N) is 1. The fourth-order valence-corrected chi connectivity index (χ4v) is 1.82. The first-order chi connectivity index (χ1) is 9.21. The number of carbonyl (C=O) groups is 1. The third-order valence-electron chi connectivity index (χ3n) is 2.47. The average Bonchev–Trinajstić information content (AvgIpc) is 2.76. The van der Waals surface area contributed by atoms with Gasteiger partial charge in [-0.3, -0.25) is 4.79 Å². The summed E-state index contributed by atoms with van der Waals surface area (Å²) in [6.45, 7) is 1.02. The Hall–Kier alpha value is -2.09. The monoisotopic (exact) mass is 304 g/mol. The van der Waals surface area contributed by atoms with Crippen molar-refractivity contribution in [1.29, 1.82) is 0 Å². The number of carbonyl (C=O) groups excluding carboxylic acids is 1. The van der Waals surface area contributed by atoms with Gasteiger partial charge in [-0.25, -0.2) is 9.67 Å². The minimum absolute atomic E-state index is 0.0163. The van der Waals surface area contributed by atoms with Crippen LogP contribution in [0.4, 0.5) is 19.0 Å². The zero-order valence-corrected chi connectivity index (χ0v) is 10.8. The van der Waals surface area contributed by atoms with Gasteiger partial charge in [0.15, 0.2) is 17.3 Å². The van der Waals surface area contributed by atoms with Gasteiger partial charge in [-0.15, -0.1) is 0 Å². The number of pyridine rings is 1.